The molecule has 136 valence electrons. The molecular formula is C12H25NO8P2. The summed E-state index contributed by atoms with van der Waals surface area (Å²) in [6, 6.07) is 0. The van der Waals surface area contributed by atoms with Crippen molar-refractivity contribution in [2.75, 3.05) is 25.7 Å². The molecule has 0 atom stereocenters. The molecule has 11 heteroatoms. The maximum Gasteiger partial charge on any atom is 0.339 e. The third-order valence-corrected chi connectivity index (χ3v) is 4.26. The Balaban J connectivity index is 3.99. The molecule has 0 radical (unpaired) electrons. The van der Waals surface area contributed by atoms with Gasteiger partial charge in [-0.3, -0.25) is 14.0 Å². The first kappa shape index (κ1) is 22.5. The van der Waals surface area contributed by atoms with Crippen LogP contribution >= 0.6 is 15.2 Å². The van der Waals surface area contributed by atoms with Crippen LogP contribution in [0, 0.1) is 0 Å². The maximum atomic E-state index is 11.1. The Morgan fingerprint density at radius 1 is 1.00 bits per heavy atom. The first-order chi connectivity index (χ1) is 10.4. The van der Waals surface area contributed by atoms with Gasteiger partial charge in [0, 0.05) is 5.57 Å². The van der Waals surface area contributed by atoms with Gasteiger partial charge in [-0.2, -0.15) is 0 Å². The van der Waals surface area contributed by atoms with Crippen molar-refractivity contribution in [1.82, 2.24) is 4.90 Å². The Morgan fingerprint density at radius 2 is 1.48 bits per heavy atom. The van der Waals surface area contributed by atoms with Gasteiger partial charge in [-0.25, -0.2) is 4.79 Å². The van der Waals surface area contributed by atoms with Gasteiger partial charge in [0.2, 0.25) is 0 Å². The van der Waals surface area contributed by atoms with Gasteiger partial charge >= 0.3 is 21.2 Å². The Kier molecular flexibility index (Phi) is 10.1. The van der Waals surface area contributed by atoms with Crippen molar-refractivity contribution in [3.8, 4) is 0 Å². The fourth-order valence-corrected chi connectivity index (χ4v) is 3.47. The average molecular weight is 373 g/mol. The molecule has 0 aromatic heterocycles. The minimum Gasteiger partial charge on any atom is -0.462 e. The van der Waals surface area contributed by atoms with E-state index >= 15 is 0 Å². The number of hydrogen-bond acceptors (Lipinski definition) is 5. The first-order valence-corrected chi connectivity index (χ1v) is 10.6. The van der Waals surface area contributed by atoms with Crippen LogP contribution in [0.1, 0.15) is 32.6 Å². The summed E-state index contributed by atoms with van der Waals surface area (Å²) < 4.78 is 26.8. The van der Waals surface area contributed by atoms with Crippen LogP contribution in [0.15, 0.2) is 12.2 Å². The summed E-state index contributed by atoms with van der Waals surface area (Å²) in [7, 11) is -8.76. The predicted octanol–water partition coefficient (Wildman–Crippen LogP) is 1.24. The topological polar surface area (TPSA) is 145 Å². The van der Waals surface area contributed by atoms with Crippen LogP contribution in [-0.2, 0) is 18.7 Å². The van der Waals surface area contributed by atoms with E-state index < -0.39 is 33.7 Å². The van der Waals surface area contributed by atoms with Gasteiger partial charge in [0.25, 0.3) is 0 Å². The molecule has 0 bridgehead atoms. The van der Waals surface area contributed by atoms with E-state index in [0.29, 0.717) is 24.8 Å². The second kappa shape index (κ2) is 10.4. The summed E-state index contributed by atoms with van der Waals surface area (Å²) in [5.74, 6) is -0.445. The molecule has 0 fully saturated rings. The van der Waals surface area contributed by atoms with Gasteiger partial charge in [0.1, 0.15) is 12.6 Å². The van der Waals surface area contributed by atoms with Gasteiger partial charge in [-0.1, -0.05) is 19.4 Å². The Morgan fingerprint density at radius 3 is 1.91 bits per heavy atom. The third kappa shape index (κ3) is 14.8. The van der Waals surface area contributed by atoms with Crippen molar-refractivity contribution in [3.05, 3.63) is 12.2 Å². The number of rotatable bonds is 12. The molecule has 0 rings (SSSR count). The van der Waals surface area contributed by atoms with Crippen molar-refractivity contribution in [1.29, 1.82) is 0 Å². The normalized spacial score (nSPS) is 12.4. The quantitative estimate of drug-likeness (QED) is 0.172. The minimum atomic E-state index is -4.38. The lowest BCUT2D eigenvalue weighted by Gasteiger charge is -2.22. The molecular weight excluding hydrogens is 348 g/mol. The fraction of sp³-hybridized carbons (Fsp3) is 0.750. The van der Waals surface area contributed by atoms with Crippen molar-refractivity contribution < 1.29 is 38.2 Å². The van der Waals surface area contributed by atoms with Gasteiger partial charge < -0.3 is 24.3 Å². The van der Waals surface area contributed by atoms with E-state index in [2.05, 4.69) is 6.58 Å². The maximum absolute atomic E-state index is 11.1. The molecule has 0 saturated heterocycles. The highest BCUT2D eigenvalue weighted by atomic mass is 31.2. The van der Waals surface area contributed by atoms with E-state index in [1.54, 1.807) is 6.92 Å². The number of ether oxygens (including phenoxy) is 1. The second-order valence-corrected chi connectivity index (χ2v) is 8.56. The monoisotopic (exact) mass is 373 g/mol. The molecule has 0 aliphatic carbocycles. The highest BCUT2D eigenvalue weighted by Gasteiger charge is 2.25. The van der Waals surface area contributed by atoms with Crippen LogP contribution in [0.4, 0.5) is 0 Å². The van der Waals surface area contributed by atoms with Crippen molar-refractivity contribution in [3.63, 3.8) is 0 Å². The van der Waals surface area contributed by atoms with E-state index in [0.717, 1.165) is 11.3 Å². The molecule has 9 nitrogen and oxygen atoms in total. The zero-order chi connectivity index (χ0) is 18.1. The number of carbonyl (C=O) groups excluding carboxylic acids is 1. The SMILES string of the molecule is C=C(C)C(=O)OCCCCCCN(CP(=O)(O)O)CP(=O)(O)O. The summed E-state index contributed by atoms with van der Waals surface area (Å²) in [6.45, 7) is 5.44. The summed E-state index contributed by atoms with van der Waals surface area (Å²) in [5.41, 5.74) is 0.329. The lowest BCUT2D eigenvalue weighted by molar-refractivity contribution is -0.139. The minimum absolute atomic E-state index is 0.168. The lowest BCUT2D eigenvalue weighted by atomic mass is 10.2. The van der Waals surface area contributed by atoms with Gasteiger partial charge in [0.15, 0.2) is 0 Å². The van der Waals surface area contributed by atoms with E-state index in [4.69, 9.17) is 24.3 Å². The molecule has 0 amide bonds. The van der Waals surface area contributed by atoms with Crippen LogP contribution in [0.3, 0.4) is 0 Å². The van der Waals surface area contributed by atoms with E-state index in [9.17, 15) is 13.9 Å². The number of hydrogen-bond donors (Lipinski definition) is 4. The Labute approximate surface area is 135 Å². The molecule has 0 aromatic rings. The van der Waals surface area contributed by atoms with Crippen LogP contribution in [0.25, 0.3) is 0 Å². The molecule has 0 aliphatic heterocycles. The summed E-state index contributed by atoms with van der Waals surface area (Å²) in [4.78, 5) is 47.8. The van der Waals surface area contributed by atoms with Gasteiger partial charge in [-0.15, -0.1) is 0 Å². The van der Waals surface area contributed by atoms with Crippen molar-refractivity contribution in [2.24, 2.45) is 0 Å². The van der Waals surface area contributed by atoms with Crippen LogP contribution in [0.5, 0.6) is 0 Å². The number of esters is 1. The van der Waals surface area contributed by atoms with Gasteiger partial charge in [0.05, 0.1) is 6.61 Å². The molecule has 0 unspecified atom stereocenters. The van der Waals surface area contributed by atoms with Crippen LogP contribution in [-0.4, -0.2) is 56.2 Å². The highest BCUT2D eigenvalue weighted by molar-refractivity contribution is 7.52. The zero-order valence-corrected chi connectivity index (χ0v) is 14.9. The molecule has 4 N–H and O–H groups in total. The highest BCUT2D eigenvalue weighted by Crippen LogP contribution is 2.40. The average Bonchev–Trinajstić information content (AvgIpc) is 2.32. The number of nitrogens with zero attached hydrogens (tertiary/aromatic N) is 1. The third-order valence-electron chi connectivity index (χ3n) is 2.72. The Hall–Kier alpha value is -0.530. The summed E-state index contributed by atoms with van der Waals surface area (Å²) in [5, 5.41) is 0. The van der Waals surface area contributed by atoms with Crippen molar-refractivity contribution >= 4 is 21.2 Å². The van der Waals surface area contributed by atoms with E-state index in [-0.39, 0.29) is 13.2 Å². The molecule has 23 heavy (non-hydrogen) atoms. The molecule has 0 aliphatic rings. The molecule has 0 spiro atoms. The molecule has 0 saturated carbocycles. The van der Waals surface area contributed by atoms with Crippen LogP contribution in [0.2, 0.25) is 0 Å². The largest absolute Gasteiger partial charge is 0.462 e. The molecule has 0 aromatic carbocycles. The fourth-order valence-electron chi connectivity index (χ4n) is 1.79. The summed E-state index contributed by atoms with van der Waals surface area (Å²) >= 11 is 0. The Bertz CT molecular complexity index is 459. The standard InChI is InChI=1S/C12H25NO8P2/c1-11(2)12(14)21-8-6-4-3-5-7-13(9-22(15,16)17)10-23(18,19)20/h1,3-10H2,2H3,(H2,15,16,17)(H2,18,19,20). The number of unbranched alkanes of at least 4 members (excludes halogenated alkanes) is 3. The second-order valence-electron chi connectivity index (χ2n) is 5.34. The smallest absolute Gasteiger partial charge is 0.339 e. The predicted molar refractivity (Wildman–Crippen MR) is 84.8 cm³/mol. The zero-order valence-electron chi connectivity index (χ0n) is 13.1. The first-order valence-electron chi connectivity index (χ1n) is 7.05. The van der Waals surface area contributed by atoms with E-state index in [1.807, 2.05) is 0 Å². The van der Waals surface area contributed by atoms with Gasteiger partial charge in [-0.05, 0) is 26.3 Å². The van der Waals surface area contributed by atoms with Crippen molar-refractivity contribution in [2.45, 2.75) is 32.6 Å². The number of carbonyl (C=O) groups is 1. The molecule has 0 heterocycles. The lowest BCUT2D eigenvalue weighted by Crippen LogP contribution is -2.27. The van der Waals surface area contributed by atoms with Crippen LogP contribution < -0.4 is 0 Å². The summed E-state index contributed by atoms with van der Waals surface area (Å²) in [6.07, 6.45) is 1.19. The van der Waals surface area contributed by atoms with E-state index in [1.165, 1.54) is 0 Å².